The number of esters is 1. The van der Waals surface area contributed by atoms with Gasteiger partial charge in [-0.3, -0.25) is 4.79 Å². The highest BCUT2D eigenvalue weighted by Gasteiger charge is 2.18. The molecule has 0 unspecified atom stereocenters. The molecule has 6 heteroatoms. The van der Waals surface area contributed by atoms with E-state index in [0.717, 1.165) is 25.7 Å². The fourth-order valence-corrected chi connectivity index (χ4v) is 2.07. The lowest BCUT2D eigenvalue weighted by atomic mass is 10.2. The van der Waals surface area contributed by atoms with Crippen LogP contribution in [-0.4, -0.2) is 29.5 Å². The van der Waals surface area contributed by atoms with Crippen LogP contribution in [0.3, 0.4) is 0 Å². The SMILES string of the molecule is Nc1ccc(C(=O)OCC(=O)NC2CCCC2)nc1. The zero-order valence-corrected chi connectivity index (χ0v) is 10.6. The number of nitrogens with two attached hydrogens (primary N) is 1. The summed E-state index contributed by atoms with van der Waals surface area (Å²) in [7, 11) is 0. The second-order valence-electron chi connectivity index (χ2n) is 4.60. The Balaban J connectivity index is 1.76. The molecule has 19 heavy (non-hydrogen) atoms. The zero-order valence-electron chi connectivity index (χ0n) is 10.6. The Kier molecular flexibility index (Phi) is 4.33. The molecule has 0 aliphatic heterocycles. The third-order valence-corrected chi connectivity index (χ3v) is 3.05. The third kappa shape index (κ3) is 3.94. The Morgan fingerprint density at radius 2 is 2.11 bits per heavy atom. The minimum absolute atomic E-state index is 0.142. The highest BCUT2D eigenvalue weighted by Crippen LogP contribution is 2.17. The molecule has 1 saturated carbocycles. The lowest BCUT2D eigenvalue weighted by Gasteiger charge is -2.11. The summed E-state index contributed by atoms with van der Waals surface area (Å²) in [5.41, 5.74) is 6.07. The maximum absolute atomic E-state index is 11.6. The topological polar surface area (TPSA) is 94.3 Å². The summed E-state index contributed by atoms with van der Waals surface area (Å²) in [4.78, 5) is 27.0. The summed E-state index contributed by atoms with van der Waals surface area (Å²) in [6.45, 7) is -0.276. The van der Waals surface area contributed by atoms with Gasteiger partial charge in [0.25, 0.3) is 5.91 Å². The van der Waals surface area contributed by atoms with Crippen molar-refractivity contribution in [3.05, 3.63) is 24.0 Å². The van der Waals surface area contributed by atoms with Crippen molar-refractivity contribution >= 4 is 17.6 Å². The van der Waals surface area contributed by atoms with Gasteiger partial charge in [-0.2, -0.15) is 0 Å². The standard InChI is InChI=1S/C13H17N3O3/c14-9-5-6-11(15-7-9)13(18)19-8-12(17)16-10-3-1-2-4-10/h5-7,10H,1-4,8,14H2,(H,16,17). The van der Waals surface area contributed by atoms with Gasteiger partial charge in [0.15, 0.2) is 6.61 Å². The zero-order chi connectivity index (χ0) is 13.7. The molecule has 6 nitrogen and oxygen atoms in total. The maximum Gasteiger partial charge on any atom is 0.357 e. The van der Waals surface area contributed by atoms with Gasteiger partial charge in [-0.05, 0) is 25.0 Å². The molecule has 1 aliphatic rings. The van der Waals surface area contributed by atoms with Gasteiger partial charge in [-0.25, -0.2) is 9.78 Å². The molecule has 1 fully saturated rings. The summed E-state index contributed by atoms with van der Waals surface area (Å²) in [6, 6.07) is 3.25. The molecule has 1 amide bonds. The van der Waals surface area contributed by atoms with Crippen molar-refractivity contribution in [3.8, 4) is 0 Å². The Morgan fingerprint density at radius 3 is 2.74 bits per heavy atom. The van der Waals surface area contributed by atoms with Crippen molar-refractivity contribution in [1.29, 1.82) is 0 Å². The average Bonchev–Trinajstić information content (AvgIpc) is 2.89. The molecule has 2 rings (SSSR count). The van der Waals surface area contributed by atoms with Crippen LogP contribution in [0.1, 0.15) is 36.2 Å². The Labute approximate surface area is 111 Å². The van der Waals surface area contributed by atoms with Crippen LogP contribution < -0.4 is 11.1 Å². The van der Waals surface area contributed by atoms with Crippen LogP contribution >= 0.6 is 0 Å². The number of aromatic nitrogens is 1. The van der Waals surface area contributed by atoms with Crippen molar-refractivity contribution in [3.63, 3.8) is 0 Å². The van der Waals surface area contributed by atoms with E-state index in [1.807, 2.05) is 0 Å². The largest absolute Gasteiger partial charge is 0.451 e. The molecule has 3 N–H and O–H groups in total. The number of hydrogen-bond acceptors (Lipinski definition) is 5. The minimum Gasteiger partial charge on any atom is -0.451 e. The highest BCUT2D eigenvalue weighted by atomic mass is 16.5. The normalized spacial score (nSPS) is 15.2. The number of anilines is 1. The highest BCUT2D eigenvalue weighted by molar-refractivity contribution is 5.89. The number of nitrogens with one attached hydrogen (secondary N) is 1. The van der Waals surface area contributed by atoms with Crippen LogP contribution in [0, 0.1) is 0 Å². The number of carbonyl (C=O) groups excluding carboxylic acids is 2. The molecule has 0 spiro atoms. The van der Waals surface area contributed by atoms with Gasteiger partial charge < -0.3 is 15.8 Å². The first-order valence-electron chi connectivity index (χ1n) is 6.33. The van der Waals surface area contributed by atoms with Crippen molar-refractivity contribution in [1.82, 2.24) is 10.3 Å². The smallest absolute Gasteiger partial charge is 0.357 e. The van der Waals surface area contributed by atoms with E-state index in [-0.39, 0.29) is 24.2 Å². The van der Waals surface area contributed by atoms with Gasteiger partial charge in [0.2, 0.25) is 0 Å². The molecule has 1 aromatic heterocycles. The molecule has 0 radical (unpaired) electrons. The number of ether oxygens (including phenoxy) is 1. The van der Waals surface area contributed by atoms with Gasteiger partial charge >= 0.3 is 5.97 Å². The Hall–Kier alpha value is -2.11. The van der Waals surface area contributed by atoms with Crippen molar-refractivity contribution in [2.45, 2.75) is 31.7 Å². The van der Waals surface area contributed by atoms with Crippen LogP contribution in [0.15, 0.2) is 18.3 Å². The first-order valence-corrected chi connectivity index (χ1v) is 6.33. The van der Waals surface area contributed by atoms with Crippen LogP contribution in [0.25, 0.3) is 0 Å². The summed E-state index contributed by atoms with van der Waals surface area (Å²) < 4.78 is 4.89. The van der Waals surface area contributed by atoms with E-state index >= 15 is 0 Å². The Morgan fingerprint density at radius 1 is 1.37 bits per heavy atom. The summed E-state index contributed by atoms with van der Waals surface area (Å²) in [5.74, 6) is -0.891. The van der Waals surface area contributed by atoms with Crippen molar-refractivity contribution < 1.29 is 14.3 Å². The average molecular weight is 263 g/mol. The number of rotatable bonds is 4. The predicted octanol–water partition coefficient (Wildman–Crippen LogP) is 0.879. The van der Waals surface area contributed by atoms with E-state index in [9.17, 15) is 9.59 Å². The molecule has 0 saturated heterocycles. The van der Waals surface area contributed by atoms with E-state index in [4.69, 9.17) is 10.5 Å². The first kappa shape index (κ1) is 13.3. The quantitative estimate of drug-likeness (QED) is 0.786. The molecule has 0 bridgehead atoms. The second-order valence-corrected chi connectivity index (χ2v) is 4.60. The van der Waals surface area contributed by atoms with Crippen LogP contribution in [0.5, 0.6) is 0 Å². The van der Waals surface area contributed by atoms with Gasteiger partial charge in [0, 0.05) is 6.04 Å². The lowest BCUT2D eigenvalue weighted by Crippen LogP contribution is -2.35. The van der Waals surface area contributed by atoms with E-state index < -0.39 is 5.97 Å². The van der Waals surface area contributed by atoms with E-state index in [1.165, 1.54) is 12.3 Å². The molecular weight excluding hydrogens is 246 g/mol. The van der Waals surface area contributed by atoms with E-state index in [2.05, 4.69) is 10.3 Å². The summed E-state index contributed by atoms with van der Waals surface area (Å²) >= 11 is 0. The first-order chi connectivity index (χ1) is 9.15. The molecule has 102 valence electrons. The summed E-state index contributed by atoms with van der Waals surface area (Å²) in [6.07, 6.45) is 5.65. The van der Waals surface area contributed by atoms with Crippen molar-refractivity contribution in [2.75, 3.05) is 12.3 Å². The van der Waals surface area contributed by atoms with E-state index in [0.29, 0.717) is 5.69 Å². The number of carbonyl (C=O) groups is 2. The predicted molar refractivity (Wildman–Crippen MR) is 69.3 cm³/mol. The van der Waals surface area contributed by atoms with Gasteiger partial charge in [0.05, 0.1) is 11.9 Å². The van der Waals surface area contributed by atoms with Gasteiger partial charge in [-0.1, -0.05) is 12.8 Å². The van der Waals surface area contributed by atoms with E-state index in [1.54, 1.807) is 6.07 Å². The fraction of sp³-hybridized carbons (Fsp3) is 0.462. The number of hydrogen-bond donors (Lipinski definition) is 2. The van der Waals surface area contributed by atoms with Crippen LogP contribution in [0.4, 0.5) is 5.69 Å². The van der Waals surface area contributed by atoms with Crippen molar-refractivity contribution in [2.24, 2.45) is 0 Å². The molecule has 1 aliphatic carbocycles. The molecule has 1 heterocycles. The third-order valence-electron chi connectivity index (χ3n) is 3.05. The number of amides is 1. The van der Waals surface area contributed by atoms with Crippen LogP contribution in [-0.2, 0) is 9.53 Å². The summed E-state index contributed by atoms with van der Waals surface area (Å²) in [5, 5.41) is 2.84. The fourth-order valence-electron chi connectivity index (χ4n) is 2.07. The molecule has 1 aromatic rings. The monoisotopic (exact) mass is 263 g/mol. The lowest BCUT2D eigenvalue weighted by molar-refractivity contribution is -0.124. The van der Waals surface area contributed by atoms with Gasteiger partial charge in [0.1, 0.15) is 5.69 Å². The number of nitrogen functional groups attached to an aromatic ring is 1. The number of nitrogens with zero attached hydrogens (tertiary/aromatic N) is 1. The molecule has 0 aromatic carbocycles. The van der Waals surface area contributed by atoms with Gasteiger partial charge in [-0.15, -0.1) is 0 Å². The second kappa shape index (κ2) is 6.17. The maximum atomic E-state index is 11.6. The Bertz CT molecular complexity index is 453. The van der Waals surface area contributed by atoms with Crippen LogP contribution in [0.2, 0.25) is 0 Å². The number of pyridine rings is 1. The molecular formula is C13H17N3O3. The minimum atomic E-state index is -0.624. The molecule has 0 atom stereocenters.